The Hall–Kier alpha value is 0.829. The molecule has 0 saturated carbocycles. The Balaban J connectivity index is 0.00000147. The zero-order valence-electron chi connectivity index (χ0n) is 13.1. The molecule has 0 aromatic rings. The van der Waals surface area contributed by atoms with E-state index in [1.165, 1.54) is 97.1 Å². The fourth-order valence-electron chi connectivity index (χ4n) is 3.57. The van der Waals surface area contributed by atoms with Gasteiger partial charge >= 0.3 is 123 Å². The fourth-order valence-corrected chi connectivity index (χ4v) is 9.31. The second-order valence-corrected chi connectivity index (χ2v) is 10.5. The van der Waals surface area contributed by atoms with Gasteiger partial charge in [0.05, 0.1) is 0 Å². The number of nitrogens with zero attached hydrogens (tertiary/aromatic N) is 3. The SMILES string of the molecule is C1CCN([Se](N2CCCCC2)N2CCCCC2)CC1.P. The van der Waals surface area contributed by atoms with Crippen LogP contribution >= 0.6 is 9.90 Å². The Labute approximate surface area is 133 Å². The second-order valence-electron chi connectivity index (χ2n) is 6.21. The van der Waals surface area contributed by atoms with E-state index < -0.39 is 14.6 Å². The molecule has 0 spiro atoms. The molecule has 0 aromatic heterocycles. The molecule has 0 aromatic carbocycles. The van der Waals surface area contributed by atoms with Crippen LogP contribution in [0.2, 0.25) is 0 Å². The third-order valence-corrected chi connectivity index (χ3v) is 9.84. The predicted molar refractivity (Wildman–Crippen MR) is 93.1 cm³/mol. The minimum absolute atomic E-state index is 0. The molecule has 1 radical (unpaired) electrons. The van der Waals surface area contributed by atoms with Gasteiger partial charge in [0.1, 0.15) is 0 Å². The molecule has 3 aliphatic heterocycles. The molecule has 1 unspecified atom stereocenters. The first-order chi connectivity index (χ1) is 9.45. The molecular weight excluding hydrogens is 332 g/mol. The van der Waals surface area contributed by atoms with E-state index in [1.54, 1.807) is 0 Å². The smallest absolute Gasteiger partial charge is 0.153 e. The Morgan fingerprint density at radius 3 is 0.900 bits per heavy atom. The summed E-state index contributed by atoms with van der Waals surface area (Å²) in [5.74, 6) is 0. The van der Waals surface area contributed by atoms with Gasteiger partial charge in [0.15, 0.2) is 0 Å². The van der Waals surface area contributed by atoms with Crippen LogP contribution in [0.3, 0.4) is 0 Å². The molecule has 3 saturated heterocycles. The zero-order chi connectivity index (χ0) is 12.9. The molecule has 3 fully saturated rings. The molecule has 119 valence electrons. The van der Waals surface area contributed by atoms with Crippen LogP contribution in [0.1, 0.15) is 57.8 Å². The van der Waals surface area contributed by atoms with Crippen molar-refractivity contribution in [2.24, 2.45) is 0 Å². The molecule has 1 atom stereocenters. The standard InChI is InChI=1S/C15H30N3Se.H3P/c1-4-10-16(11-5-1)19(17-12-6-2-7-13-17)18-14-8-3-9-15-18;/h1-15H2;1H3. The summed E-state index contributed by atoms with van der Waals surface area (Å²) in [6.07, 6.45) is 13.1. The molecule has 3 rings (SSSR count). The second kappa shape index (κ2) is 9.08. The molecule has 3 aliphatic rings. The van der Waals surface area contributed by atoms with E-state index in [1.807, 2.05) is 0 Å². The van der Waals surface area contributed by atoms with E-state index in [0.29, 0.717) is 0 Å². The fraction of sp³-hybridized carbons (Fsp3) is 1.00. The van der Waals surface area contributed by atoms with Gasteiger partial charge < -0.3 is 0 Å². The van der Waals surface area contributed by atoms with E-state index in [9.17, 15) is 0 Å². The van der Waals surface area contributed by atoms with E-state index in [-0.39, 0.29) is 9.90 Å². The third-order valence-electron chi connectivity index (χ3n) is 4.64. The van der Waals surface area contributed by atoms with Crippen LogP contribution in [-0.2, 0) is 0 Å². The van der Waals surface area contributed by atoms with Crippen molar-refractivity contribution < 1.29 is 0 Å². The van der Waals surface area contributed by atoms with Gasteiger partial charge in [-0.3, -0.25) is 0 Å². The summed E-state index contributed by atoms with van der Waals surface area (Å²) in [7, 11) is 0. The Morgan fingerprint density at radius 2 is 0.650 bits per heavy atom. The monoisotopic (exact) mass is 366 g/mol. The third kappa shape index (κ3) is 4.41. The summed E-state index contributed by atoms with van der Waals surface area (Å²) in [5, 5.41) is 0. The van der Waals surface area contributed by atoms with E-state index in [0.717, 1.165) is 0 Å². The normalized spacial score (nSPS) is 27.4. The predicted octanol–water partition coefficient (Wildman–Crippen LogP) is 2.49. The van der Waals surface area contributed by atoms with Crippen LogP contribution in [0.4, 0.5) is 0 Å². The first-order valence-corrected chi connectivity index (χ1v) is 10.7. The molecular formula is C15H33N3PSe. The molecule has 0 amide bonds. The number of rotatable bonds is 3. The van der Waals surface area contributed by atoms with Gasteiger partial charge in [0.25, 0.3) is 0 Å². The van der Waals surface area contributed by atoms with Crippen LogP contribution in [0.15, 0.2) is 0 Å². The molecule has 20 heavy (non-hydrogen) atoms. The maximum atomic E-state index is 2.92. The van der Waals surface area contributed by atoms with Gasteiger partial charge in [-0.2, -0.15) is 9.90 Å². The van der Waals surface area contributed by atoms with Crippen LogP contribution in [0.5, 0.6) is 0 Å². The van der Waals surface area contributed by atoms with Crippen LogP contribution in [0.25, 0.3) is 0 Å². The first kappa shape index (κ1) is 17.2. The molecule has 0 bridgehead atoms. The van der Waals surface area contributed by atoms with Crippen molar-refractivity contribution in [3.63, 3.8) is 0 Å². The number of hydrogen-bond acceptors (Lipinski definition) is 3. The molecule has 3 heterocycles. The molecule has 0 N–H and O–H groups in total. The van der Waals surface area contributed by atoms with Crippen molar-refractivity contribution in [2.45, 2.75) is 57.8 Å². The average molecular weight is 365 g/mol. The molecule has 3 nitrogen and oxygen atoms in total. The summed E-state index contributed by atoms with van der Waals surface area (Å²) >= 11 is -0.816. The Kier molecular flexibility index (Phi) is 7.80. The van der Waals surface area contributed by atoms with Gasteiger partial charge in [0.2, 0.25) is 0 Å². The summed E-state index contributed by atoms with van der Waals surface area (Å²) in [5.41, 5.74) is 0. The number of piperidine rings is 3. The van der Waals surface area contributed by atoms with Crippen molar-refractivity contribution in [3.8, 4) is 0 Å². The van der Waals surface area contributed by atoms with Crippen LogP contribution in [0, 0.1) is 0 Å². The average Bonchev–Trinajstić information content (AvgIpc) is 2.51. The molecule has 0 aliphatic carbocycles. The van der Waals surface area contributed by atoms with Crippen LogP contribution in [-0.4, -0.2) is 65.6 Å². The van der Waals surface area contributed by atoms with Crippen molar-refractivity contribution >= 4 is 24.5 Å². The first-order valence-electron chi connectivity index (χ1n) is 8.45. The minimum Gasteiger partial charge on any atom is -0.153 e. The Morgan fingerprint density at radius 1 is 0.400 bits per heavy atom. The largest absolute Gasteiger partial charge is 0.153 e. The minimum atomic E-state index is -0.816. The van der Waals surface area contributed by atoms with Crippen molar-refractivity contribution in [1.82, 2.24) is 11.7 Å². The Bertz CT molecular complexity index is 219. The summed E-state index contributed by atoms with van der Waals surface area (Å²) in [6, 6.07) is 0. The van der Waals surface area contributed by atoms with Gasteiger partial charge in [-0.1, -0.05) is 0 Å². The zero-order valence-corrected chi connectivity index (χ0v) is 16.2. The van der Waals surface area contributed by atoms with Crippen molar-refractivity contribution in [3.05, 3.63) is 0 Å². The quantitative estimate of drug-likeness (QED) is 0.562. The van der Waals surface area contributed by atoms with Crippen molar-refractivity contribution in [2.75, 3.05) is 39.3 Å². The van der Waals surface area contributed by atoms with E-state index in [2.05, 4.69) is 11.7 Å². The summed E-state index contributed by atoms with van der Waals surface area (Å²) in [4.78, 5) is 0. The van der Waals surface area contributed by atoms with Crippen LogP contribution < -0.4 is 0 Å². The topological polar surface area (TPSA) is 9.72 Å². The van der Waals surface area contributed by atoms with E-state index in [4.69, 9.17) is 0 Å². The van der Waals surface area contributed by atoms with Gasteiger partial charge in [0, 0.05) is 0 Å². The van der Waals surface area contributed by atoms with Gasteiger partial charge in [-0.05, 0) is 0 Å². The summed E-state index contributed by atoms with van der Waals surface area (Å²) in [6.45, 7) is 8.32. The van der Waals surface area contributed by atoms with Gasteiger partial charge in [-0.15, -0.1) is 0 Å². The number of hydrogen-bond donors (Lipinski definition) is 0. The maximum Gasteiger partial charge on any atom is -0.153 e. The van der Waals surface area contributed by atoms with Crippen molar-refractivity contribution in [1.29, 1.82) is 0 Å². The van der Waals surface area contributed by atoms with Gasteiger partial charge in [-0.25, -0.2) is 0 Å². The summed E-state index contributed by atoms with van der Waals surface area (Å²) < 4.78 is 8.75. The maximum absolute atomic E-state index is 2.92. The molecule has 5 heteroatoms. The van der Waals surface area contributed by atoms with E-state index >= 15 is 0 Å².